The van der Waals surface area contributed by atoms with Gasteiger partial charge in [-0.3, -0.25) is 9.78 Å². The van der Waals surface area contributed by atoms with E-state index in [9.17, 15) is 4.79 Å². The van der Waals surface area contributed by atoms with Crippen LogP contribution in [-0.4, -0.2) is 28.0 Å². The maximum atomic E-state index is 12.9. The normalized spacial score (nSPS) is 11.1. The number of aryl methyl sites for hydroxylation is 2. The zero-order valence-corrected chi connectivity index (χ0v) is 15.4. The van der Waals surface area contributed by atoms with E-state index in [1.165, 1.54) is 0 Å². The summed E-state index contributed by atoms with van der Waals surface area (Å²) < 4.78 is 11.2. The predicted octanol–water partition coefficient (Wildman–Crippen LogP) is 4.37. The number of amides is 1. The Labute approximate surface area is 156 Å². The largest absolute Gasteiger partial charge is 0.451 e. The average molecular weight is 361 g/mol. The van der Waals surface area contributed by atoms with Gasteiger partial charge in [0.15, 0.2) is 11.5 Å². The molecule has 27 heavy (non-hydrogen) atoms. The minimum atomic E-state index is -0.191. The van der Waals surface area contributed by atoms with Crippen LogP contribution in [0.3, 0.4) is 0 Å². The first-order chi connectivity index (χ1) is 13.0. The third-order valence-electron chi connectivity index (χ3n) is 4.56. The smallest absolute Gasteiger partial charge is 0.290 e. The summed E-state index contributed by atoms with van der Waals surface area (Å²) in [5, 5.41) is 5.02. The first kappa shape index (κ1) is 17.0. The Morgan fingerprint density at radius 2 is 1.89 bits per heavy atom. The van der Waals surface area contributed by atoms with Crippen LogP contribution < -0.4 is 0 Å². The topological polar surface area (TPSA) is 72.4 Å². The van der Waals surface area contributed by atoms with Gasteiger partial charge in [0, 0.05) is 42.0 Å². The van der Waals surface area contributed by atoms with Gasteiger partial charge in [-0.25, -0.2) is 0 Å². The first-order valence-corrected chi connectivity index (χ1v) is 8.64. The fourth-order valence-corrected chi connectivity index (χ4v) is 3.06. The Bertz CT molecular complexity index is 1110. The lowest BCUT2D eigenvalue weighted by atomic mass is 10.1. The highest BCUT2D eigenvalue weighted by molar-refractivity contribution is 5.98. The van der Waals surface area contributed by atoms with Crippen molar-refractivity contribution in [3.05, 3.63) is 71.4 Å². The van der Waals surface area contributed by atoms with Gasteiger partial charge < -0.3 is 13.8 Å². The summed E-state index contributed by atoms with van der Waals surface area (Å²) in [6, 6.07) is 11.5. The van der Waals surface area contributed by atoms with E-state index in [1.807, 2.05) is 50.2 Å². The van der Waals surface area contributed by atoms with Gasteiger partial charge in [-0.2, -0.15) is 0 Å². The lowest BCUT2D eigenvalue weighted by Gasteiger charge is -2.13. The Kier molecular flexibility index (Phi) is 4.24. The molecule has 3 aromatic heterocycles. The zero-order valence-electron chi connectivity index (χ0n) is 15.4. The lowest BCUT2D eigenvalue weighted by Crippen LogP contribution is -2.26. The van der Waals surface area contributed by atoms with Crippen LogP contribution in [-0.2, 0) is 6.54 Å². The van der Waals surface area contributed by atoms with Gasteiger partial charge in [0.25, 0.3) is 5.91 Å². The Hall–Kier alpha value is -3.41. The standard InChI is InChI=1S/C21H19N3O3/c1-13-4-5-17-14(2)20(26-19(17)10-13)21(25)24(3)12-16-11-18(23-27-16)15-6-8-22-9-7-15/h4-11H,12H2,1-3H3. The van der Waals surface area contributed by atoms with E-state index in [1.54, 1.807) is 24.3 Å². The Morgan fingerprint density at radius 1 is 1.11 bits per heavy atom. The minimum absolute atomic E-state index is 0.191. The van der Waals surface area contributed by atoms with Crippen molar-refractivity contribution in [1.82, 2.24) is 15.0 Å². The molecule has 0 saturated heterocycles. The number of fused-ring (bicyclic) bond motifs is 1. The second kappa shape index (κ2) is 6.72. The van der Waals surface area contributed by atoms with E-state index < -0.39 is 0 Å². The number of hydrogen-bond donors (Lipinski definition) is 0. The lowest BCUT2D eigenvalue weighted by molar-refractivity contribution is 0.0742. The van der Waals surface area contributed by atoms with Crippen molar-refractivity contribution in [3.63, 3.8) is 0 Å². The first-order valence-electron chi connectivity index (χ1n) is 8.64. The van der Waals surface area contributed by atoms with Crippen molar-refractivity contribution in [3.8, 4) is 11.3 Å². The number of carbonyl (C=O) groups excluding carboxylic acids is 1. The monoisotopic (exact) mass is 361 g/mol. The van der Waals surface area contributed by atoms with Crippen LogP contribution in [0.2, 0.25) is 0 Å². The number of benzene rings is 1. The molecule has 0 spiro atoms. The number of nitrogens with zero attached hydrogens (tertiary/aromatic N) is 3. The molecule has 0 radical (unpaired) electrons. The molecule has 0 saturated carbocycles. The molecule has 1 amide bonds. The molecule has 136 valence electrons. The molecule has 3 heterocycles. The minimum Gasteiger partial charge on any atom is -0.451 e. The van der Waals surface area contributed by atoms with Gasteiger partial charge >= 0.3 is 0 Å². The quantitative estimate of drug-likeness (QED) is 0.540. The van der Waals surface area contributed by atoms with Crippen LogP contribution in [0.5, 0.6) is 0 Å². The zero-order chi connectivity index (χ0) is 19.0. The van der Waals surface area contributed by atoms with Crippen LogP contribution in [0.1, 0.15) is 27.4 Å². The van der Waals surface area contributed by atoms with E-state index in [-0.39, 0.29) is 5.91 Å². The van der Waals surface area contributed by atoms with E-state index in [2.05, 4.69) is 10.1 Å². The molecule has 0 bridgehead atoms. The van der Waals surface area contributed by atoms with Gasteiger partial charge in [-0.05, 0) is 37.6 Å². The highest BCUT2D eigenvalue weighted by Crippen LogP contribution is 2.27. The number of aromatic nitrogens is 2. The SMILES string of the molecule is Cc1ccc2c(C)c(C(=O)N(C)Cc3cc(-c4ccncc4)no3)oc2c1. The molecule has 0 unspecified atom stereocenters. The summed E-state index contributed by atoms with van der Waals surface area (Å²) >= 11 is 0. The molecule has 0 atom stereocenters. The molecular weight excluding hydrogens is 342 g/mol. The van der Waals surface area contributed by atoms with Crippen molar-refractivity contribution in [2.45, 2.75) is 20.4 Å². The van der Waals surface area contributed by atoms with Gasteiger partial charge in [0.1, 0.15) is 11.3 Å². The summed E-state index contributed by atoms with van der Waals surface area (Å²) in [7, 11) is 1.72. The van der Waals surface area contributed by atoms with Crippen LogP contribution in [0.4, 0.5) is 0 Å². The maximum absolute atomic E-state index is 12.9. The van der Waals surface area contributed by atoms with Crippen LogP contribution in [0, 0.1) is 13.8 Å². The van der Waals surface area contributed by atoms with Crippen molar-refractivity contribution < 1.29 is 13.7 Å². The molecule has 4 rings (SSSR count). The maximum Gasteiger partial charge on any atom is 0.290 e. The van der Waals surface area contributed by atoms with Gasteiger partial charge in [0.05, 0.1) is 6.54 Å². The molecule has 0 aliphatic rings. The predicted molar refractivity (Wildman–Crippen MR) is 101 cm³/mol. The summed E-state index contributed by atoms with van der Waals surface area (Å²) in [5.74, 6) is 0.762. The van der Waals surface area contributed by atoms with Crippen LogP contribution in [0.15, 0.2) is 57.7 Å². The number of rotatable bonds is 4. The van der Waals surface area contributed by atoms with E-state index in [0.717, 1.165) is 27.7 Å². The van der Waals surface area contributed by atoms with Gasteiger partial charge in [-0.15, -0.1) is 0 Å². The molecule has 4 aromatic rings. The highest BCUT2D eigenvalue weighted by atomic mass is 16.5. The Balaban J connectivity index is 1.55. The molecular formula is C21H19N3O3. The van der Waals surface area contributed by atoms with E-state index in [0.29, 0.717) is 23.8 Å². The molecule has 0 aliphatic heterocycles. The van der Waals surface area contributed by atoms with E-state index >= 15 is 0 Å². The summed E-state index contributed by atoms with van der Waals surface area (Å²) in [4.78, 5) is 18.4. The van der Waals surface area contributed by atoms with Crippen LogP contribution >= 0.6 is 0 Å². The number of pyridine rings is 1. The molecule has 0 fully saturated rings. The number of furan rings is 1. The van der Waals surface area contributed by atoms with Crippen molar-refractivity contribution in [1.29, 1.82) is 0 Å². The number of carbonyl (C=O) groups is 1. The van der Waals surface area contributed by atoms with Crippen molar-refractivity contribution >= 4 is 16.9 Å². The fourth-order valence-electron chi connectivity index (χ4n) is 3.06. The summed E-state index contributed by atoms with van der Waals surface area (Å²) in [6.45, 7) is 4.19. The molecule has 6 heteroatoms. The van der Waals surface area contributed by atoms with Gasteiger partial charge in [-0.1, -0.05) is 17.3 Å². The van der Waals surface area contributed by atoms with Crippen molar-refractivity contribution in [2.24, 2.45) is 0 Å². The summed E-state index contributed by atoms with van der Waals surface area (Å²) in [6.07, 6.45) is 3.40. The highest BCUT2D eigenvalue weighted by Gasteiger charge is 2.22. The third-order valence-corrected chi connectivity index (χ3v) is 4.56. The summed E-state index contributed by atoms with van der Waals surface area (Å²) in [5.41, 5.74) is 4.29. The second-order valence-electron chi connectivity index (χ2n) is 6.63. The average Bonchev–Trinajstić information content (AvgIpc) is 3.26. The van der Waals surface area contributed by atoms with Crippen molar-refractivity contribution in [2.75, 3.05) is 7.05 Å². The third kappa shape index (κ3) is 3.21. The molecule has 1 aromatic carbocycles. The fraction of sp³-hybridized carbons (Fsp3) is 0.190. The van der Waals surface area contributed by atoms with E-state index in [4.69, 9.17) is 8.94 Å². The Morgan fingerprint density at radius 3 is 2.67 bits per heavy atom. The van der Waals surface area contributed by atoms with Gasteiger partial charge in [0.2, 0.25) is 0 Å². The second-order valence-corrected chi connectivity index (χ2v) is 6.63. The molecule has 0 aliphatic carbocycles. The molecule has 0 N–H and O–H groups in total. The number of hydrogen-bond acceptors (Lipinski definition) is 5. The molecule has 6 nitrogen and oxygen atoms in total. The van der Waals surface area contributed by atoms with Crippen LogP contribution in [0.25, 0.3) is 22.2 Å².